The molecule has 1 aromatic rings. The van der Waals surface area contributed by atoms with Crippen LogP contribution in [0.3, 0.4) is 0 Å². The van der Waals surface area contributed by atoms with Gasteiger partial charge < -0.3 is 20.8 Å². The van der Waals surface area contributed by atoms with E-state index < -0.39 is 0 Å². The molecule has 4 nitrogen and oxygen atoms in total. The molecular weight excluding hydrogens is 212 g/mol. The number of benzene rings is 1. The Morgan fingerprint density at radius 3 is 2.73 bits per heavy atom. The zero-order valence-corrected chi connectivity index (χ0v) is 9.51. The van der Waals surface area contributed by atoms with Crippen LogP contribution in [-0.4, -0.2) is 16.9 Å². The van der Waals surface area contributed by atoms with E-state index in [0.717, 1.165) is 24.0 Å². The van der Waals surface area contributed by atoms with Gasteiger partial charge in [-0.3, -0.25) is 0 Å². The van der Waals surface area contributed by atoms with E-state index in [-0.39, 0.29) is 0 Å². The normalized spacial score (nSPS) is 10.3. The van der Waals surface area contributed by atoms with Crippen LogP contribution in [0.1, 0.15) is 12.0 Å². The Balaban J connectivity index is 2.57. The Morgan fingerprint density at radius 2 is 2.07 bits per heavy atom. The standard InChI is InChI=1S/C10H16N2O2S/c1-7-5-9(12)10(6-8(7)11)14-3-2-4-15-13/h5-6,13H,2-4,11-12H2,1H3. The van der Waals surface area contributed by atoms with Crippen molar-refractivity contribution in [3.63, 3.8) is 0 Å². The van der Waals surface area contributed by atoms with Gasteiger partial charge in [0.2, 0.25) is 0 Å². The lowest BCUT2D eigenvalue weighted by Gasteiger charge is -2.10. The molecule has 84 valence electrons. The molecule has 1 aromatic carbocycles. The molecule has 0 atom stereocenters. The van der Waals surface area contributed by atoms with Gasteiger partial charge in [-0.2, -0.15) is 0 Å². The molecule has 0 aliphatic rings. The van der Waals surface area contributed by atoms with Gasteiger partial charge in [-0.15, -0.1) is 0 Å². The summed E-state index contributed by atoms with van der Waals surface area (Å²) in [6.07, 6.45) is 0.772. The SMILES string of the molecule is Cc1cc(N)c(OCCCSO)cc1N. The number of hydrogen-bond donors (Lipinski definition) is 3. The summed E-state index contributed by atoms with van der Waals surface area (Å²) in [4.78, 5) is 0. The minimum atomic E-state index is 0.528. The van der Waals surface area contributed by atoms with Crippen LogP contribution < -0.4 is 16.2 Å². The molecule has 0 saturated carbocycles. The van der Waals surface area contributed by atoms with E-state index in [1.165, 1.54) is 0 Å². The number of nitrogen functional groups attached to an aromatic ring is 2. The zero-order valence-electron chi connectivity index (χ0n) is 8.69. The number of ether oxygens (including phenoxy) is 1. The highest BCUT2D eigenvalue weighted by atomic mass is 32.2. The van der Waals surface area contributed by atoms with E-state index in [1.807, 2.05) is 6.92 Å². The average molecular weight is 228 g/mol. The van der Waals surface area contributed by atoms with Crippen molar-refractivity contribution in [3.05, 3.63) is 17.7 Å². The molecule has 0 aliphatic heterocycles. The maximum Gasteiger partial charge on any atom is 0.144 e. The average Bonchev–Trinajstić information content (AvgIpc) is 2.20. The van der Waals surface area contributed by atoms with Crippen molar-refractivity contribution < 1.29 is 9.29 Å². The van der Waals surface area contributed by atoms with Gasteiger partial charge in [0.1, 0.15) is 5.75 Å². The molecule has 0 aromatic heterocycles. The lowest BCUT2D eigenvalue weighted by atomic mass is 10.1. The monoisotopic (exact) mass is 228 g/mol. The highest BCUT2D eigenvalue weighted by Gasteiger charge is 2.03. The number of anilines is 2. The lowest BCUT2D eigenvalue weighted by molar-refractivity contribution is 0.320. The Morgan fingerprint density at radius 1 is 1.33 bits per heavy atom. The molecule has 0 bridgehead atoms. The first kappa shape index (κ1) is 12.0. The Hall–Kier alpha value is -1.07. The molecular formula is C10H16N2O2S. The number of hydrogen-bond acceptors (Lipinski definition) is 5. The van der Waals surface area contributed by atoms with Crippen LogP contribution in [-0.2, 0) is 0 Å². The summed E-state index contributed by atoms with van der Waals surface area (Å²) in [6, 6.07) is 3.53. The third kappa shape index (κ3) is 3.53. The Kier molecular flexibility index (Phi) is 4.58. The third-order valence-corrected chi connectivity index (χ3v) is 2.51. The van der Waals surface area contributed by atoms with Gasteiger partial charge in [0.25, 0.3) is 0 Å². The Labute approximate surface area is 93.8 Å². The fourth-order valence-corrected chi connectivity index (χ4v) is 1.40. The van der Waals surface area contributed by atoms with E-state index in [4.69, 9.17) is 20.8 Å². The summed E-state index contributed by atoms with van der Waals surface area (Å²) < 4.78 is 14.0. The van der Waals surface area contributed by atoms with Crippen molar-refractivity contribution in [2.75, 3.05) is 23.8 Å². The summed E-state index contributed by atoms with van der Waals surface area (Å²) in [5, 5.41) is 0. The van der Waals surface area contributed by atoms with Crippen molar-refractivity contribution in [1.82, 2.24) is 0 Å². The number of rotatable bonds is 5. The second-order valence-corrected chi connectivity index (χ2v) is 3.95. The van der Waals surface area contributed by atoms with Gasteiger partial charge in [-0.1, -0.05) is 0 Å². The van der Waals surface area contributed by atoms with E-state index in [2.05, 4.69) is 0 Å². The van der Waals surface area contributed by atoms with Crippen LogP contribution in [0, 0.1) is 6.92 Å². The van der Waals surface area contributed by atoms with Gasteiger partial charge in [0.05, 0.1) is 12.3 Å². The second kappa shape index (κ2) is 5.72. The summed E-state index contributed by atoms with van der Waals surface area (Å²) >= 11 is 0.811. The minimum absolute atomic E-state index is 0.528. The fraction of sp³-hybridized carbons (Fsp3) is 0.400. The smallest absolute Gasteiger partial charge is 0.144 e. The first-order chi connectivity index (χ1) is 7.15. The highest BCUT2D eigenvalue weighted by molar-refractivity contribution is 7.93. The highest BCUT2D eigenvalue weighted by Crippen LogP contribution is 2.27. The van der Waals surface area contributed by atoms with E-state index in [9.17, 15) is 0 Å². The van der Waals surface area contributed by atoms with Crippen LogP contribution in [0.5, 0.6) is 5.75 Å². The largest absolute Gasteiger partial charge is 0.491 e. The van der Waals surface area contributed by atoms with Crippen molar-refractivity contribution >= 4 is 23.4 Å². The molecule has 0 saturated heterocycles. The molecule has 0 radical (unpaired) electrons. The lowest BCUT2D eigenvalue weighted by Crippen LogP contribution is -2.03. The molecule has 0 aliphatic carbocycles. The quantitative estimate of drug-likeness (QED) is 0.408. The molecule has 0 heterocycles. The van der Waals surface area contributed by atoms with Crippen molar-refractivity contribution in [3.8, 4) is 5.75 Å². The van der Waals surface area contributed by atoms with E-state index in [1.54, 1.807) is 12.1 Å². The van der Waals surface area contributed by atoms with Crippen molar-refractivity contribution in [2.45, 2.75) is 13.3 Å². The van der Waals surface area contributed by atoms with Crippen LogP contribution in [0.4, 0.5) is 11.4 Å². The van der Waals surface area contributed by atoms with Crippen molar-refractivity contribution in [1.29, 1.82) is 0 Å². The minimum Gasteiger partial charge on any atom is -0.491 e. The number of nitrogens with two attached hydrogens (primary N) is 2. The predicted octanol–water partition coefficient (Wildman–Crippen LogP) is 2.13. The zero-order chi connectivity index (χ0) is 11.3. The molecule has 1 rings (SSSR count). The molecule has 5 heteroatoms. The maximum atomic E-state index is 8.51. The Bertz CT molecular complexity index is 331. The van der Waals surface area contributed by atoms with Gasteiger partial charge in [0, 0.05) is 17.5 Å². The molecule has 5 N–H and O–H groups in total. The topological polar surface area (TPSA) is 81.5 Å². The summed E-state index contributed by atoms with van der Waals surface area (Å²) in [7, 11) is 0. The number of aryl methyl sites for hydroxylation is 1. The first-order valence-electron chi connectivity index (χ1n) is 4.70. The van der Waals surface area contributed by atoms with E-state index in [0.29, 0.717) is 29.5 Å². The van der Waals surface area contributed by atoms with Gasteiger partial charge in [-0.05, 0) is 37.0 Å². The van der Waals surface area contributed by atoms with Crippen LogP contribution in [0.25, 0.3) is 0 Å². The predicted molar refractivity (Wildman–Crippen MR) is 65.2 cm³/mol. The van der Waals surface area contributed by atoms with E-state index >= 15 is 0 Å². The summed E-state index contributed by atoms with van der Waals surface area (Å²) in [5.74, 6) is 1.27. The summed E-state index contributed by atoms with van der Waals surface area (Å²) in [5.41, 5.74) is 13.7. The molecule has 0 spiro atoms. The third-order valence-electron chi connectivity index (χ3n) is 2.04. The molecule has 0 amide bonds. The summed E-state index contributed by atoms with van der Waals surface area (Å²) in [6.45, 7) is 2.43. The van der Waals surface area contributed by atoms with Gasteiger partial charge in [0.15, 0.2) is 0 Å². The molecule has 0 fully saturated rings. The maximum absolute atomic E-state index is 8.51. The van der Waals surface area contributed by atoms with Crippen LogP contribution in [0.2, 0.25) is 0 Å². The van der Waals surface area contributed by atoms with Crippen molar-refractivity contribution in [2.24, 2.45) is 0 Å². The van der Waals surface area contributed by atoms with Gasteiger partial charge in [-0.25, -0.2) is 0 Å². The van der Waals surface area contributed by atoms with Crippen LogP contribution in [0.15, 0.2) is 12.1 Å². The molecule has 0 unspecified atom stereocenters. The molecule has 15 heavy (non-hydrogen) atoms. The fourth-order valence-electron chi connectivity index (χ4n) is 1.16. The van der Waals surface area contributed by atoms with Crippen LogP contribution >= 0.6 is 12.0 Å². The van der Waals surface area contributed by atoms with Gasteiger partial charge >= 0.3 is 0 Å². The first-order valence-corrected chi connectivity index (χ1v) is 5.64. The second-order valence-electron chi connectivity index (χ2n) is 3.28.